The molecule has 0 aromatic heterocycles. The highest BCUT2D eigenvalue weighted by Crippen LogP contribution is 2.39. The number of alkyl carbamates (subject to hydrolysis) is 3. The molecule has 4 N–H and O–H groups in total. The highest BCUT2D eigenvalue weighted by molar-refractivity contribution is 5.95. The molecule has 85 heavy (non-hydrogen) atoms. The molecule has 478 valence electrons. The number of hydrogen-bond acceptors (Lipinski definition) is 12. The van der Waals surface area contributed by atoms with E-state index in [-0.39, 0.29) is 55.3 Å². The average Bonchev–Trinajstić information content (AvgIpc) is 4.38. The van der Waals surface area contributed by atoms with Crippen molar-refractivity contribution in [3.63, 3.8) is 0 Å². The summed E-state index contributed by atoms with van der Waals surface area (Å²) in [5, 5.41) is 11.3. The zero-order valence-electron chi connectivity index (χ0n) is 53.7. The van der Waals surface area contributed by atoms with Gasteiger partial charge in [0.05, 0.1) is 6.61 Å². The van der Waals surface area contributed by atoms with Crippen LogP contribution in [0.1, 0.15) is 219 Å². The van der Waals surface area contributed by atoms with Crippen LogP contribution in [-0.4, -0.2) is 87.7 Å². The van der Waals surface area contributed by atoms with Gasteiger partial charge in [0.2, 0.25) is 6.79 Å². The quantitative estimate of drug-likeness (QED) is 0.0424. The monoisotopic (exact) mass is 1190 g/mol. The van der Waals surface area contributed by atoms with Crippen molar-refractivity contribution >= 4 is 35.8 Å². The van der Waals surface area contributed by atoms with Crippen LogP contribution in [0, 0.1) is 53.3 Å². The van der Waals surface area contributed by atoms with Gasteiger partial charge in [-0.2, -0.15) is 0 Å². The third-order valence-corrected chi connectivity index (χ3v) is 18.3. The van der Waals surface area contributed by atoms with Gasteiger partial charge in [-0.3, -0.25) is 10.1 Å². The topological polar surface area (TPSA) is 198 Å². The van der Waals surface area contributed by atoms with Crippen LogP contribution in [0.25, 0.3) is 0 Å². The Kier molecular flexibility index (Phi) is 31.3. The summed E-state index contributed by atoms with van der Waals surface area (Å²) >= 11 is 0. The highest BCUT2D eigenvalue weighted by atomic mass is 16.7. The molecule has 8 rings (SSSR count). The molecule has 0 radical (unpaired) electrons. The Bertz CT molecular complexity index is 2270. The number of rotatable bonds is 20. The molecule has 7 unspecified atom stereocenters. The number of carbonyl (C=O) groups excluding carboxylic acids is 5. The van der Waals surface area contributed by atoms with Crippen molar-refractivity contribution in [2.75, 3.05) is 32.4 Å². The Labute approximate surface area is 510 Å². The minimum Gasteiger partial charge on any atom is -0.454 e. The lowest BCUT2D eigenvalue weighted by Crippen LogP contribution is -2.41. The normalized spacial score (nSPS) is 26.9. The van der Waals surface area contributed by atoms with Crippen LogP contribution >= 0.6 is 0 Å². The minimum atomic E-state index is -0.422. The first kappa shape index (κ1) is 70.3. The average molecular weight is 1190 g/mol. The Hall–Kier alpha value is -5.51. The molecule has 6 aliphatic rings. The second kappa shape index (κ2) is 37.9. The fraction of sp³-hybridized carbons (Fsp3) is 0.725. The zero-order valence-corrected chi connectivity index (χ0v) is 53.7. The number of nitrogens with one attached hydrogen (secondary N) is 4. The van der Waals surface area contributed by atoms with Gasteiger partial charge in [-0.15, -0.1) is 6.58 Å². The van der Waals surface area contributed by atoms with Crippen molar-refractivity contribution in [3.05, 3.63) is 66.2 Å². The van der Waals surface area contributed by atoms with E-state index < -0.39 is 6.09 Å². The fourth-order valence-electron chi connectivity index (χ4n) is 13.6. The number of allylic oxidation sites excluding steroid dienone is 1. The third kappa shape index (κ3) is 25.8. The number of ether oxygens (including phenoxy) is 7. The van der Waals surface area contributed by atoms with Crippen molar-refractivity contribution in [3.8, 4) is 11.5 Å². The predicted octanol–water partition coefficient (Wildman–Crippen LogP) is 16.5. The summed E-state index contributed by atoms with van der Waals surface area (Å²) < 4.78 is 38.1. The van der Waals surface area contributed by atoms with Crippen LogP contribution in [0.15, 0.2) is 55.1 Å². The van der Waals surface area contributed by atoms with Gasteiger partial charge in [-0.25, -0.2) is 19.2 Å². The second-order valence-corrected chi connectivity index (χ2v) is 26.0. The molecule has 0 spiro atoms. The summed E-state index contributed by atoms with van der Waals surface area (Å²) in [7, 11) is 1.63. The molecular formula is C69H110N4O12. The smallest absolute Gasteiger partial charge is 0.411 e. The summed E-state index contributed by atoms with van der Waals surface area (Å²) in [5.74, 6) is 7.08. The fourth-order valence-corrected chi connectivity index (χ4v) is 13.6. The maximum Gasteiger partial charge on any atom is 0.411 e. The Morgan fingerprint density at radius 3 is 1.88 bits per heavy atom. The molecule has 0 bridgehead atoms. The number of fused-ring (bicyclic) bond motifs is 1. The van der Waals surface area contributed by atoms with Crippen molar-refractivity contribution < 1.29 is 57.1 Å². The largest absolute Gasteiger partial charge is 0.454 e. The third-order valence-electron chi connectivity index (χ3n) is 18.3. The van der Waals surface area contributed by atoms with E-state index in [9.17, 15) is 24.0 Å². The second-order valence-electron chi connectivity index (χ2n) is 26.0. The van der Waals surface area contributed by atoms with Crippen molar-refractivity contribution in [2.45, 2.75) is 241 Å². The first-order valence-corrected chi connectivity index (χ1v) is 32.8. The van der Waals surface area contributed by atoms with Crippen molar-refractivity contribution in [2.24, 2.45) is 53.3 Å². The van der Waals surface area contributed by atoms with Gasteiger partial charge >= 0.3 is 24.4 Å². The van der Waals surface area contributed by atoms with E-state index in [2.05, 4.69) is 83.2 Å². The summed E-state index contributed by atoms with van der Waals surface area (Å²) in [6.07, 6.45) is 25.7. The standard InChI is InChI=1S/C20H29NO4.C18H25NO3.C16H31NO3.C15H25NO2/c1-13(2)6-16-7-14(3)8-17(9-16)25-20(22)21-11-15-4-5-18-19(10-15)24-12-23-18;1-11-9-17(10-12(2)13(11)3)22-18(21)19-16-7-5-15(6-8-16)14(4)20;1-4-7-13-9-6-10-14(8-5-2)15(13)20-16(18)17-11-12-19-3;1-2-5-12-8-10-14(11-9-12)18-15(17)16-13-6-3-4-7-13/h4-5,10,13-14,16-17H,6-9,11-12H2,1-3H3,(H,21,22);5-8,11-13,17H,9-10H2,1-4H3,(H,19,21);13-15H,4-12H2,1-3H3,(H,17,18);2,12-14H,1,3-11H2,(H,16,17). The Balaban J connectivity index is 0.000000209. The zero-order chi connectivity index (χ0) is 61.7. The molecule has 2 aromatic rings. The number of carbonyl (C=O) groups is 5. The maximum atomic E-state index is 12.2. The SMILES string of the molecule is C=CCC1CCC(OC(=O)NC2CCCC2)CC1.CC(=O)c1ccc(NC(=O)OC2CC(C)C(C)C(C)C2)cc1.CC(C)CC1CC(C)CC(OC(=O)NCc2ccc3c(c2)OCO3)C1.CCCC1CCCC(CCC)C1OC(=O)NCCOC. The molecular weight excluding hydrogens is 1080 g/mol. The van der Waals surface area contributed by atoms with Crippen molar-refractivity contribution in [1.29, 1.82) is 0 Å². The molecule has 5 aliphatic carbocycles. The highest BCUT2D eigenvalue weighted by Gasteiger charge is 2.36. The molecule has 16 heteroatoms. The van der Waals surface area contributed by atoms with Gasteiger partial charge in [0.15, 0.2) is 17.3 Å². The van der Waals surface area contributed by atoms with E-state index in [1.807, 2.05) is 24.3 Å². The molecule has 2 aromatic carbocycles. The molecule has 16 nitrogen and oxygen atoms in total. The summed E-state index contributed by atoms with van der Waals surface area (Å²) in [4.78, 5) is 59.0. The van der Waals surface area contributed by atoms with Crippen molar-refractivity contribution in [1.82, 2.24) is 16.0 Å². The van der Waals surface area contributed by atoms with Crippen LogP contribution < -0.4 is 30.7 Å². The number of anilines is 1. The van der Waals surface area contributed by atoms with E-state index in [1.54, 1.807) is 31.4 Å². The lowest BCUT2D eigenvalue weighted by Gasteiger charge is -2.37. The van der Waals surface area contributed by atoms with Crippen LogP contribution in [0.3, 0.4) is 0 Å². The van der Waals surface area contributed by atoms with Crippen LogP contribution in [0.5, 0.6) is 11.5 Å². The number of amides is 4. The van der Waals surface area contributed by atoms with E-state index >= 15 is 0 Å². The first-order chi connectivity index (χ1) is 40.9. The van der Waals surface area contributed by atoms with E-state index in [0.29, 0.717) is 84.3 Å². The summed E-state index contributed by atoms with van der Waals surface area (Å²) in [6, 6.07) is 12.9. The molecule has 4 amide bonds. The van der Waals surface area contributed by atoms with E-state index in [4.69, 9.17) is 33.2 Å². The van der Waals surface area contributed by atoms with Gasteiger partial charge in [0, 0.05) is 37.5 Å². The van der Waals surface area contributed by atoms with Gasteiger partial charge in [-0.1, -0.05) is 99.6 Å². The minimum absolute atomic E-state index is 0.00780. The molecule has 0 saturated heterocycles. The van der Waals surface area contributed by atoms with Gasteiger partial charge in [0.25, 0.3) is 0 Å². The van der Waals surface area contributed by atoms with Crippen LogP contribution in [-0.2, 0) is 30.2 Å². The predicted molar refractivity (Wildman–Crippen MR) is 336 cm³/mol. The summed E-state index contributed by atoms with van der Waals surface area (Å²) in [5.41, 5.74) is 2.24. The lowest BCUT2D eigenvalue weighted by molar-refractivity contribution is -0.00886. The van der Waals surface area contributed by atoms with Gasteiger partial charge < -0.3 is 49.1 Å². The molecule has 1 aliphatic heterocycles. The van der Waals surface area contributed by atoms with Crippen LogP contribution in [0.2, 0.25) is 0 Å². The van der Waals surface area contributed by atoms with E-state index in [0.717, 1.165) is 119 Å². The Morgan fingerprint density at radius 1 is 0.659 bits per heavy atom. The lowest BCUT2D eigenvalue weighted by atomic mass is 9.73. The molecule has 1 heterocycles. The van der Waals surface area contributed by atoms with E-state index in [1.165, 1.54) is 51.9 Å². The molecule has 5 saturated carbocycles. The first-order valence-electron chi connectivity index (χ1n) is 32.8. The molecule has 7 atom stereocenters. The maximum absolute atomic E-state index is 12.2. The van der Waals surface area contributed by atoms with Gasteiger partial charge in [-0.05, 0) is 211 Å². The Morgan fingerprint density at radius 2 is 1.27 bits per heavy atom. The molecule has 5 fully saturated rings. The van der Waals surface area contributed by atoms with Crippen LogP contribution in [0.4, 0.5) is 24.9 Å². The number of ketones is 1. The summed E-state index contributed by atoms with van der Waals surface area (Å²) in [6.45, 7) is 24.9. The number of methoxy groups -OCH3 is 1. The number of benzene rings is 2. The number of hydrogen-bond donors (Lipinski definition) is 4. The van der Waals surface area contributed by atoms with Gasteiger partial charge in [0.1, 0.15) is 24.4 Å². The number of Topliss-reactive ketones (excluding diaryl/α,β-unsaturated/α-hetero) is 1.